The highest BCUT2D eigenvalue weighted by Crippen LogP contribution is 2.30. The Kier molecular flexibility index (Phi) is 5.53. The normalized spacial score (nSPS) is 12.1. The van der Waals surface area contributed by atoms with Crippen molar-refractivity contribution in [3.63, 3.8) is 0 Å². The summed E-state index contributed by atoms with van der Waals surface area (Å²) in [6.45, 7) is 2.19. The van der Waals surface area contributed by atoms with Crippen LogP contribution in [0.15, 0.2) is 54.7 Å². The van der Waals surface area contributed by atoms with E-state index < -0.39 is 6.10 Å². The molecule has 0 aliphatic carbocycles. The summed E-state index contributed by atoms with van der Waals surface area (Å²) < 4.78 is 5.63. The van der Waals surface area contributed by atoms with Gasteiger partial charge in [0, 0.05) is 33.8 Å². The first-order chi connectivity index (χ1) is 12.1. The molecule has 4 nitrogen and oxygen atoms in total. The monoisotopic (exact) mass is 374 g/mol. The van der Waals surface area contributed by atoms with Crippen LogP contribution in [0, 0.1) is 0 Å². The van der Waals surface area contributed by atoms with Crippen LogP contribution in [0.4, 0.5) is 5.69 Å². The fraction of sp³-hybridized carbons (Fsp3) is 0.158. The van der Waals surface area contributed by atoms with Crippen LogP contribution in [0.25, 0.3) is 10.9 Å². The van der Waals surface area contributed by atoms with E-state index in [9.17, 15) is 4.79 Å². The fourth-order valence-corrected chi connectivity index (χ4v) is 3.10. The van der Waals surface area contributed by atoms with E-state index in [-0.39, 0.29) is 5.91 Å². The molecule has 128 valence electrons. The van der Waals surface area contributed by atoms with Crippen molar-refractivity contribution in [3.05, 3.63) is 70.3 Å². The number of carbonyl (C=O) groups is 1. The maximum Gasteiger partial charge on any atom is 0.258 e. The summed E-state index contributed by atoms with van der Waals surface area (Å²) in [6.07, 6.45) is 0.849. The Morgan fingerprint density at radius 1 is 1.20 bits per heavy atom. The molecule has 1 unspecified atom stereocenters. The molecule has 0 aliphatic rings. The van der Waals surface area contributed by atoms with E-state index in [1.165, 1.54) is 0 Å². The number of ether oxygens (including phenoxy) is 1. The van der Waals surface area contributed by atoms with Gasteiger partial charge in [-0.3, -0.25) is 9.78 Å². The lowest BCUT2D eigenvalue weighted by molar-refractivity contribution is -0.127. The summed E-state index contributed by atoms with van der Waals surface area (Å²) in [5.74, 6) is -0.316. The minimum atomic E-state index is -0.839. The van der Waals surface area contributed by atoms with E-state index in [2.05, 4.69) is 10.3 Å². The number of aromatic nitrogens is 1. The zero-order chi connectivity index (χ0) is 17.8. The molecule has 1 heterocycles. The van der Waals surface area contributed by atoms with E-state index in [0.29, 0.717) is 27.9 Å². The summed E-state index contributed by atoms with van der Waals surface area (Å²) in [5.41, 5.74) is 1.91. The number of hydrogen-bond donors (Lipinski definition) is 1. The molecular formula is C19H16Cl2N2O2. The predicted octanol–water partition coefficient (Wildman–Crippen LogP) is 5.26. The molecule has 3 rings (SSSR count). The standard InChI is InChI=1S/C19H16Cl2N2O2/c1-2-25-18(14-9-8-13(20)11-15(14)21)19(24)23-16-7-3-5-12-6-4-10-22-17(12)16/h3-11,18H,2H2,1H3,(H,23,24). The van der Waals surface area contributed by atoms with Crippen molar-refractivity contribution in [3.8, 4) is 0 Å². The quantitative estimate of drug-likeness (QED) is 0.662. The highest BCUT2D eigenvalue weighted by Gasteiger charge is 2.24. The molecule has 1 aromatic heterocycles. The highest BCUT2D eigenvalue weighted by molar-refractivity contribution is 6.35. The minimum absolute atomic E-state index is 0.316. The number of nitrogens with one attached hydrogen (secondary N) is 1. The van der Waals surface area contributed by atoms with Crippen molar-refractivity contribution < 1.29 is 9.53 Å². The summed E-state index contributed by atoms with van der Waals surface area (Å²) >= 11 is 12.2. The molecule has 1 amide bonds. The Hall–Kier alpha value is -2.14. The van der Waals surface area contributed by atoms with E-state index in [4.69, 9.17) is 27.9 Å². The third-order valence-electron chi connectivity index (χ3n) is 3.71. The topological polar surface area (TPSA) is 51.2 Å². The van der Waals surface area contributed by atoms with Crippen LogP contribution in [0.2, 0.25) is 10.0 Å². The van der Waals surface area contributed by atoms with Gasteiger partial charge in [0.15, 0.2) is 6.10 Å². The molecule has 0 bridgehead atoms. The lowest BCUT2D eigenvalue weighted by Crippen LogP contribution is -2.24. The molecule has 25 heavy (non-hydrogen) atoms. The van der Waals surface area contributed by atoms with Gasteiger partial charge in [0.05, 0.1) is 11.2 Å². The third kappa shape index (κ3) is 3.93. The van der Waals surface area contributed by atoms with Gasteiger partial charge >= 0.3 is 0 Å². The van der Waals surface area contributed by atoms with Crippen LogP contribution in [-0.4, -0.2) is 17.5 Å². The van der Waals surface area contributed by atoms with Gasteiger partial charge in [-0.25, -0.2) is 0 Å². The molecule has 6 heteroatoms. The smallest absolute Gasteiger partial charge is 0.258 e. The van der Waals surface area contributed by atoms with Gasteiger partial charge in [-0.2, -0.15) is 0 Å². The van der Waals surface area contributed by atoms with Crippen molar-refractivity contribution in [2.45, 2.75) is 13.0 Å². The first-order valence-electron chi connectivity index (χ1n) is 7.81. The molecule has 2 aromatic carbocycles. The summed E-state index contributed by atoms with van der Waals surface area (Å²) in [7, 11) is 0. The largest absolute Gasteiger partial charge is 0.364 e. The minimum Gasteiger partial charge on any atom is -0.364 e. The van der Waals surface area contributed by atoms with E-state index in [1.807, 2.05) is 31.2 Å². The molecule has 0 spiro atoms. The second kappa shape index (κ2) is 7.83. The molecule has 0 aliphatic heterocycles. The van der Waals surface area contributed by atoms with Gasteiger partial charge in [-0.1, -0.05) is 47.5 Å². The average Bonchev–Trinajstić information content (AvgIpc) is 2.60. The first-order valence-corrected chi connectivity index (χ1v) is 8.57. The first kappa shape index (κ1) is 17.7. The van der Waals surface area contributed by atoms with E-state index in [1.54, 1.807) is 30.5 Å². The van der Waals surface area contributed by atoms with Crippen LogP contribution < -0.4 is 5.32 Å². The van der Waals surface area contributed by atoms with Crippen LogP contribution >= 0.6 is 23.2 Å². The zero-order valence-electron chi connectivity index (χ0n) is 13.5. The molecule has 3 aromatic rings. The van der Waals surface area contributed by atoms with Gasteiger partial charge in [0.25, 0.3) is 5.91 Å². The summed E-state index contributed by atoms with van der Waals surface area (Å²) in [6, 6.07) is 14.4. The Morgan fingerprint density at radius 2 is 2.00 bits per heavy atom. The number of hydrogen-bond acceptors (Lipinski definition) is 3. The number of para-hydroxylation sites is 1. The maximum absolute atomic E-state index is 12.8. The second-order valence-electron chi connectivity index (χ2n) is 5.37. The maximum atomic E-state index is 12.8. The van der Waals surface area contributed by atoms with Crippen molar-refractivity contribution in [2.75, 3.05) is 11.9 Å². The lowest BCUT2D eigenvalue weighted by Gasteiger charge is -2.19. The molecule has 0 radical (unpaired) electrons. The van der Waals surface area contributed by atoms with Gasteiger partial charge in [0.1, 0.15) is 0 Å². The fourth-order valence-electron chi connectivity index (χ4n) is 2.59. The number of pyridine rings is 1. The third-order valence-corrected chi connectivity index (χ3v) is 4.27. The van der Waals surface area contributed by atoms with Gasteiger partial charge in [0.2, 0.25) is 0 Å². The SMILES string of the molecule is CCOC(C(=O)Nc1cccc2cccnc12)c1ccc(Cl)cc1Cl. The number of fused-ring (bicyclic) bond motifs is 1. The lowest BCUT2D eigenvalue weighted by atomic mass is 10.1. The molecule has 1 atom stereocenters. The van der Waals surface area contributed by atoms with Gasteiger partial charge in [-0.15, -0.1) is 0 Å². The van der Waals surface area contributed by atoms with Crippen LogP contribution in [0.3, 0.4) is 0 Å². The number of amides is 1. The molecule has 1 N–H and O–H groups in total. The number of nitrogens with zero attached hydrogens (tertiary/aromatic N) is 1. The van der Waals surface area contributed by atoms with Crippen LogP contribution in [0.1, 0.15) is 18.6 Å². The van der Waals surface area contributed by atoms with Gasteiger partial charge in [-0.05, 0) is 31.2 Å². The second-order valence-corrected chi connectivity index (χ2v) is 6.21. The van der Waals surface area contributed by atoms with Crippen molar-refractivity contribution in [1.82, 2.24) is 4.98 Å². The number of halogens is 2. The van der Waals surface area contributed by atoms with Crippen molar-refractivity contribution >= 4 is 45.7 Å². The Morgan fingerprint density at radius 3 is 2.76 bits per heavy atom. The number of rotatable bonds is 5. The number of anilines is 1. The predicted molar refractivity (Wildman–Crippen MR) is 101 cm³/mol. The van der Waals surface area contributed by atoms with Crippen molar-refractivity contribution in [1.29, 1.82) is 0 Å². The summed E-state index contributed by atoms with van der Waals surface area (Å²) in [4.78, 5) is 17.2. The molecular weight excluding hydrogens is 359 g/mol. The number of carbonyl (C=O) groups excluding carboxylic acids is 1. The molecule has 0 fully saturated rings. The average molecular weight is 375 g/mol. The zero-order valence-corrected chi connectivity index (χ0v) is 15.0. The van der Waals surface area contributed by atoms with Crippen LogP contribution in [-0.2, 0) is 9.53 Å². The highest BCUT2D eigenvalue weighted by atomic mass is 35.5. The Bertz CT molecular complexity index is 910. The Balaban J connectivity index is 1.93. The Labute approximate surface area is 155 Å². The van der Waals surface area contributed by atoms with Crippen LogP contribution in [0.5, 0.6) is 0 Å². The number of benzene rings is 2. The molecule has 0 saturated heterocycles. The van der Waals surface area contributed by atoms with Crippen molar-refractivity contribution in [2.24, 2.45) is 0 Å². The van der Waals surface area contributed by atoms with Gasteiger partial charge < -0.3 is 10.1 Å². The van der Waals surface area contributed by atoms with E-state index >= 15 is 0 Å². The summed E-state index contributed by atoms with van der Waals surface area (Å²) in [5, 5.41) is 4.72. The van der Waals surface area contributed by atoms with E-state index in [0.717, 1.165) is 10.9 Å². The molecule has 0 saturated carbocycles.